The second kappa shape index (κ2) is 5.62. The van der Waals surface area contributed by atoms with Crippen LogP contribution in [0.3, 0.4) is 0 Å². The minimum atomic E-state index is -0.331. The molecule has 1 unspecified atom stereocenters. The van der Waals surface area contributed by atoms with Crippen LogP contribution in [0.15, 0.2) is 24.3 Å². The first kappa shape index (κ1) is 13.4. The lowest BCUT2D eigenvalue weighted by Gasteiger charge is -2.22. The van der Waals surface area contributed by atoms with Crippen LogP contribution in [0, 0.1) is 6.92 Å². The van der Waals surface area contributed by atoms with Crippen molar-refractivity contribution in [3.63, 3.8) is 0 Å². The lowest BCUT2D eigenvalue weighted by molar-refractivity contribution is 0.275. The highest BCUT2D eigenvalue weighted by Gasteiger charge is 2.30. The van der Waals surface area contributed by atoms with Crippen LogP contribution in [-0.2, 0) is 6.42 Å². The van der Waals surface area contributed by atoms with Gasteiger partial charge in [0, 0.05) is 0 Å². The molecule has 0 amide bonds. The van der Waals surface area contributed by atoms with Crippen LogP contribution >= 0.6 is 67.8 Å². The predicted molar refractivity (Wildman–Crippen MR) is 85.7 cm³/mol. The van der Waals surface area contributed by atoms with Gasteiger partial charge in [0.05, 0.1) is 0 Å². The number of alkyl halides is 3. The van der Waals surface area contributed by atoms with Crippen molar-refractivity contribution in [2.45, 2.75) is 18.9 Å². The maximum atomic E-state index is 9.57. The molecule has 1 atom stereocenters. The zero-order valence-corrected chi connectivity index (χ0v) is 14.1. The van der Waals surface area contributed by atoms with E-state index in [4.69, 9.17) is 0 Å². The second-order valence-corrected chi connectivity index (χ2v) is 10.4. The van der Waals surface area contributed by atoms with E-state index in [0.29, 0.717) is 0 Å². The first-order valence-corrected chi connectivity index (χ1v) is 7.57. The van der Waals surface area contributed by atoms with E-state index in [1.54, 1.807) is 0 Å². The maximum absolute atomic E-state index is 9.57. The van der Waals surface area contributed by atoms with Gasteiger partial charge in [-0.25, -0.2) is 0 Å². The number of rotatable bonds is 3. The van der Waals surface area contributed by atoms with Crippen molar-refractivity contribution >= 4 is 67.8 Å². The van der Waals surface area contributed by atoms with E-state index in [2.05, 4.69) is 99.0 Å². The van der Waals surface area contributed by atoms with Gasteiger partial charge >= 0.3 is 0 Å². The quantitative estimate of drug-likeness (QED) is 0.468. The molecule has 1 rings (SSSR count). The molecule has 0 aliphatic carbocycles. The van der Waals surface area contributed by atoms with Gasteiger partial charge in [0.1, 0.15) is 5.54 Å². The largest absolute Gasteiger partial charge is 0.380 e. The number of halogens is 3. The Balaban J connectivity index is 2.74. The molecule has 1 aromatic rings. The van der Waals surface area contributed by atoms with E-state index in [1.807, 2.05) is 0 Å². The highest BCUT2D eigenvalue weighted by atomic mass is 127. The molecular weight excluding hydrogens is 517 g/mol. The molecule has 78 valence electrons. The molecule has 0 heterocycles. The van der Waals surface area contributed by atoms with Crippen LogP contribution in [0.5, 0.6) is 0 Å². The lowest BCUT2D eigenvalue weighted by atomic mass is 10.1. The zero-order chi connectivity index (χ0) is 10.8. The summed E-state index contributed by atoms with van der Waals surface area (Å²) in [7, 11) is 0. The van der Waals surface area contributed by atoms with Crippen LogP contribution in [-0.4, -0.2) is 10.6 Å². The molecule has 0 aliphatic heterocycles. The van der Waals surface area contributed by atoms with Crippen molar-refractivity contribution in [1.29, 1.82) is 0 Å². The molecule has 0 aliphatic rings. The van der Waals surface area contributed by atoms with Crippen LogP contribution in [0.2, 0.25) is 0 Å². The third-order valence-corrected chi connectivity index (χ3v) is 7.30. The van der Waals surface area contributed by atoms with E-state index in [-0.39, 0.29) is 5.54 Å². The summed E-state index contributed by atoms with van der Waals surface area (Å²) in [4.78, 5) is 0. The van der Waals surface area contributed by atoms with Crippen molar-refractivity contribution in [2.24, 2.45) is 0 Å². The molecule has 0 bridgehead atoms. The van der Waals surface area contributed by atoms with Gasteiger partial charge in [-0.1, -0.05) is 75.0 Å². The number of aliphatic hydroxyl groups excluding tert-OH is 1. The Morgan fingerprint density at radius 3 is 2.21 bits per heavy atom. The summed E-state index contributed by atoms with van der Waals surface area (Å²) in [6.45, 7) is 2.08. The van der Waals surface area contributed by atoms with Gasteiger partial charge in [-0.3, -0.25) is 0 Å². The van der Waals surface area contributed by atoms with Crippen LogP contribution in [0.1, 0.15) is 11.1 Å². The van der Waals surface area contributed by atoms with Crippen molar-refractivity contribution in [2.75, 3.05) is 0 Å². The Hall–Kier alpha value is 1.37. The Morgan fingerprint density at radius 2 is 1.79 bits per heavy atom. The van der Waals surface area contributed by atoms with Gasteiger partial charge < -0.3 is 5.11 Å². The molecule has 0 radical (unpaired) electrons. The Labute approximate surface area is 125 Å². The van der Waals surface area contributed by atoms with Crippen LogP contribution in [0.4, 0.5) is 0 Å². The van der Waals surface area contributed by atoms with Gasteiger partial charge in [-0.05, 0) is 41.5 Å². The first-order valence-electron chi connectivity index (χ1n) is 4.17. The molecule has 1 nitrogen and oxygen atoms in total. The zero-order valence-electron chi connectivity index (χ0n) is 7.67. The van der Waals surface area contributed by atoms with Crippen molar-refractivity contribution in [3.8, 4) is 0 Å². The summed E-state index contributed by atoms with van der Waals surface area (Å²) in [5, 5.41) is 9.57. The summed E-state index contributed by atoms with van der Waals surface area (Å²) in [5.41, 5.74) is 2.55. The summed E-state index contributed by atoms with van der Waals surface area (Å²) < 4.78 is -0.451. The summed E-state index contributed by atoms with van der Waals surface area (Å²) in [6, 6.07) is 8.47. The topological polar surface area (TPSA) is 20.2 Å². The minimum Gasteiger partial charge on any atom is -0.380 e. The first-order chi connectivity index (χ1) is 6.42. The predicted octanol–water partition coefficient (Wildman–Crippen LogP) is 3.86. The lowest BCUT2D eigenvalue weighted by Crippen LogP contribution is -2.26. The SMILES string of the molecule is Cc1ccc(CC(I)(I)C(O)I)cc1. The highest BCUT2D eigenvalue weighted by molar-refractivity contribution is 14.2. The van der Waals surface area contributed by atoms with Crippen LogP contribution < -0.4 is 0 Å². The molecule has 0 saturated carbocycles. The Bertz CT molecular complexity index is 293. The third kappa shape index (κ3) is 4.09. The molecule has 1 N–H and O–H groups in total. The summed E-state index contributed by atoms with van der Waals surface area (Å²) in [5.74, 6) is 0. The number of aliphatic hydroxyl groups is 1. The molecule has 0 saturated heterocycles. The van der Waals surface area contributed by atoms with E-state index in [9.17, 15) is 5.11 Å². The smallest absolute Gasteiger partial charge is 0.129 e. The molecule has 4 heteroatoms. The van der Waals surface area contributed by atoms with E-state index in [0.717, 1.165) is 6.42 Å². The van der Waals surface area contributed by atoms with E-state index in [1.165, 1.54) is 11.1 Å². The van der Waals surface area contributed by atoms with Gasteiger partial charge in [0.25, 0.3) is 0 Å². The number of hydrogen-bond donors (Lipinski definition) is 1. The average Bonchev–Trinajstić information content (AvgIpc) is 2.08. The summed E-state index contributed by atoms with van der Waals surface area (Å²) >= 11 is 6.67. The van der Waals surface area contributed by atoms with Crippen LogP contribution in [0.25, 0.3) is 0 Å². The molecule has 0 aromatic heterocycles. The van der Waals surface area contributed by atoms with Crippen molar-refractivity contribution < 1.29 is 5.11 Å². The van der Waals surface area contributed by atoms with E-state index >= 15 is 0 Å². The fourth-order valence-corrected chi connectivity index (χ4v) is 2.16. The Kier molecular flexibility index (Phi) is 5.40. The monoisotopic (exact) mass is 528 g/mol. The minimum absolute atomic E-state index is 0.120. The average molecular weight is 528 g/mol. The molecule has 0 fully saturated rings. The molecule has 1 aromatic carbocycles. The third-order valence-electron chi connectivity index (χ3n) is 1.91. The fraction of sp³-hybridized carbons (Fsp3) is 0.400. The fourth-order valence-electron chi connectivity index (χ4n) is 1.06. The maximum Gasteiger partial charge on any atom is 0.129 e. The molecule has 0 spiro atoms. The van der Waals surface area contributed by atoms with Gasteiger partial charge in [-0.15, -0.1) is 0 Å². The number of aryl methyl sites for hydroxylation is 1. The number of hydrogen-bond acceptors (Lipinski definition) is 1. The molecule has 14 heavy (non-hydrogen) atoms. The second-order valence-electron chi connectivity index (χ2n) is 3.26. The van der Waals surface area contributed by atoms with Gasteiger partial charge in [0.2, 0.25) is 0 Å². The number of benzene rings is 1. The molecular formula is C10H11I3O. The van der Waals surface area contributed by atoms with E-state index < -0.39 is 0 Å². The van der Waals surface area contributed by atoms with Crippen molar-refractivity contribution in [1.82, 2.24) is 0 Å². The summed E-state index contributed by atoms with van der Waals surface area (Å²) in [6.07, 6.45) is 0.887. The highest BCUT2D eigenvalue weighted by Crippen LogP contribution is 2.38. The van der Waals surface area contributed by atoms with Gasteiger partial charge in [-0.2, -0.15) is 0 Å². The standard InChI is InChI=1S/C10H11I3O/c1-7-2-4-8(5-3-7)6-10(12,13)9(11)14/h2-5,9,14H,6H2,1H3. The Morgan fingerprint density at radius 1 is 1.29 bits per heavy atom. The normalized spacial score (nSPS) is 14.1. The van der Waals surface area contributed by atoms with Crippen molar-refractivity contribution in [3.05, 3.63) is 35.4 Å². The van der Waals surface area contributed by atoms with Gasteiger partial charge in [0.15, 0.2) is 0 Å².